The van der Waals surface area contributed by atoms with E-state index in [1.807, 2.05) is 61.2 Å². The third-order valence-corrected chi connectivity index (χ3v) is 4.49. The first-order valence-electron chi connectivity index (χ1n) is 8.43. The van der Waals surface area contributed by atoms with Crippen molar-refractivity contribution in [2.24, 2.45) is 0 Å². The molecule has 1 aromatic carbocycles. The van der Waals surface area contributed by atoms with Crippen LogP contribution in [0.15, 0.2) is 30.3 Å². The molecule has 0 bridgehead atoms. The summed E-state index contributed by atoms with van der Waals surface area (Å²) in [6.07, 6.45) is 0.506. The quantitative estimate of drug-likeness (QED) is 0.856. The minimum atomic E-state index is -0.268. The van der Waals surface area contributed by atoms with Gasteiger partial charge in [0.15, 0.2) is 0 Å². The van der Waals surface area contributed by atoms with Crippen LogP contribution in [0.3, 0.4) is 0 Å². The van der Waals surface area contributed by atoms with E-state index in [9.17, 15) is 9.90 Å². The number of rotatable bonds is 6. The largest absolute Gasteiger partial charge is 0.392 e. The Hall–Kier alpha value is -1.43. The van der Waals surface area contributed by atoms with Crippen LogP contribution < -0.4 is 0 Å². The lowest BCUT2D eigenvalue weighted by atomic mass is 10.0. The van der Waals surface area contributed by atoms with Gasteiger partial charge in [0.05, 0.1) is 6.10 Å². The first-order chi connectivity index (χ1) is 11.0. The maximum absolute atomic E-state index is 12.9. The highest BCUT2D eigenvalue weighted by Gasteiger charge is 2.30. The van der Waals surface area contributed by atoms with Crippen LogP contribution in [0.25, 0.3) is 0 Å². The summed E-state index contributed by atoms with van der Waals surface area (Å²) in [4.78, 5) is 19.1. The number of β-amino-alcohol motifs (C(OH)–C–C–N with tert-alkyl or cyclic N) is 1. The normalized spacial score (nSPS) is 18.9. The van der Waals surface area contributed by atoms with Gasteiger partial charge in [0.2, 0.25) is 5.91 Å². The first-order valence-corrected chi connectivity index (χ1v) is 8.43. The maximum Gasteiger partial charge on any atom is 0.244 e. The number of hydrogen-bond donors (Lipinski definition) is 1. The highest BCUT2D eigenvalue weighted by Crippen LogP contribution is 2.21. The zero-order chi connectivity index (χ0) is 16.8. The van der Waals surface area contributed by atoms with E-state index >= 15 is 0 Å². The summed E-state index contributed by atoms with van der Waals surface area (Å²) in [6, 6.07) is 9.71. The molecule has 1 heterocycles. The summed E-state index contributed by atoms with van der Waals surface area (Å²) in [5.41, 5.74) is 1.03. The van der Waals surface area contributed by atoms with Crippen LogP contribution in [0.4, 0.5) is 0 Å². The Morgan fingerprint density at radius 3 is 2.30 bits per heavy atom. The van der Waals surface area contributed by atoms with Crippen LogP contribution in [0.1, 0.15) is 24.9 Å². The molecular formula is C18H29N3O2. The highest BCUT2D eigenvalue weighted by atomic mass is 16.3. The molecule has 2 unspecified atom stereocenters. The number of carbonyl (C=O) groups excluding carboxylic acids is 1. The van der Waals surface area contributed by atoms with Crippen molar-refractivity contribution < 1.29 is 9.90 Å². The first kappa shape index (κ1) is 17.9. The molecule has 0 saturated carbocycles. The van der Waals surface area contributed by atoms with Gasteiger partial charge in [-0.05, 0) is 26.1 Å². The van der Waals surface area contributed by atoms with E-state index in [2.05, 4.69) is 4.90 Å². The minimum absolute atomic E-state index is 0.164. The third-order valence-electron chi connectivity index (χ3n) is 4.49. The van der Waals surface area contributed by atoms with Crippen molar-refractivity contribution in [3.8, 4) is 0 Å². The fourth-order valence-electron chi connectivity index (χ4n) is 3.05. The van der Waals surface area contributed by atoms with E-state index in [0.717, 1.165) is 38.2 Å². The lowest BCUT2D eigenvalue weighted by Crippen LogP contribution is -2.52. The molecule has 1 saturated heterocycles. The zero-order valence-electron chi connectivity index (χ0n) is 14.5. The molecule has 0 radical (unpaired) electrons. The Morgan fingerprint density at radius 1 is 1.17 bits per heavy atom. The summed E-state index contributed by atoms with van der Waals surface area (Å²) in [5, 5.41) is 9.77. The topological polar surface area (TPSA) is 47.0 Å². The Morgan fingerprint density at radius 2 is 1.78 bits per heavy atom. The standard InChI is InChI=1S/C18H29N3O2/c1-4-16(22)14-20-10-12-21(13-11-20)18(23)17(19(2)3)15-8-6-5-7-9-15/h5-9,16-17,22H,4,10-14H2,1-3H3. The van der Waals surface area contributed by atoms with Crippen molar-refractivity contribution in [3.63, 3.8) is 0 Å². The van der Waals surface area contributed by atoms with Gasteiger partial charge in [0, 0.05) is 32.7 Å². The third kappa shape index (κ3) is 4.77. The zero-order valence-corrected chi connectivity index (χ0v) is 14.5. The molecule has 0 aromatic heterocycles. The smallest absolute Gasteiger partial charge is 0.244 e. The Labute approximate surface area is 139 Å². The van der Waals surface area contributed by atoms with Gasteiger partial charge in [-0.3, -0.25) is 14.6 Å². The van der Waals surface area contributed by atoms with Crippen LogP contribution in [0.2, 0.25) is 0 Å². The van der Waals surface area contributed by atoms with Crippen LogP contribution in [0, 0.1) is 0 Å². The molecular weight excluding hydrogens is 290 g/mol. The Kier molecular flexibility index (Phi) is 6.57. The predicted octanol–water partition coefficient (Wildman–Crippen LogP) is 1.20. The fraction of sp³-hybridized carbons (Fsp3) is 0.611. The van der Waals surface area contributed by atoms with Crippen molar-refractivity contribution >= 4 is 5.91 Å². The second-order valence-electron chi connectivity index (χ2n) is 6.46. The van der Waals surface area contributed by atoms with E-state index < -0.39 is 0 Å². The molecule has 2 rings (SSSR count). The van der Waals surface area contributed by atoms with Crippen molar-refractivity contribution in [1.29, 1.82) is 0 Å². The van der Waals surface area contributed by atoms with Crippen LogP contribution in [-0.4, -0.2) is 78.6 Å². The fourth-order valence-corrected chi connectivity index (χ4v) is 3.05. The molecule has 1 aliphatic heterocycles. The average molecular weight is 319 g/mol. The van der Waals surface area contributed by atoms with Gasteiger partial charge in [0.1, 0.15) is 6.04 Å². The molecule has 1 aliphatic rings. The summed E-state index contributed by atoms with van der Waals surface area (Å²) < 4.78 is 0. The van der Waals surface area contributed by atoms with E-state index in [0.29, 0.717) is 6.54 Å². The number of piperazine rings is 1. The second kappa shape index (κ2) is 8.43. The van der Waals surface area contributed by atoms with Gasteiger partial charge >= 0.3 is 0 Å². The van der Waals surface area contributed by atoms with Crippen molar-refractivity contribution in [3.05, 3.63) is 35.9 Å². The Balaban J connectivity index is 1.97. The number of nitrogens with zero attached hydrogens (tertiary/aromatic N) is 3. The van der Waals surface area contributed by atoms with Crippen molar-refractivity contribution in [2.45, 2.75) is 25.5 Å². The van der Waals surface area contributed by atoms with Gasteiger partial charge in [-0.25, -0.2) is 0 Å². The van der Waals surface area contributed by atoms with E-state index in [1.54, 1.807) is 0 Å². The van der Waals surface area contributed by atoms with Crippen molar-refractivity contribution in [1.82, 2.24) is 14.7 Å². The molecule has 0 aliphatic carbocycles. The number of aliphatic hydroxyl groups is 1. The van der Waals surface area contributed by atoms with Gasteiger partial charge in [0.25, 0.3) is 0 Å². The number of likely N-dealkylation sites (N-methyl/N-ethyl adjacent to an activating group) is 1. The molecule has 0 spiro atoms. The molecule has 5 nitrogen and oxygen atoms in total. The maximum atomic E-state index is 12.9. The van der Waals surface area contributed by atoms with Crippen molar-refractivity contribution in [2.75, 3.05) is 46.8 Å². The minimum Gasteiger partial charge on any atom is -0.392 e. The molecule has 1 aromatic rings. The predicted molar refractivity (Wildman–Crippen MR) is 92.2 cm³/mol. The lowest BCUT2D eigenvalue weighted by Gasteiger charge is -2.38. The van der Waals surface area contributed by atoms with Crippen LogP contribution >= 0.6 is 0 Å². The molecule has 2 atom stereocenters. The van der Waals surface area contributed by atoms with Gasteiger partial charge < -0.3 is 10.0 Å². The molecule has 1 fully saturated rings. The highest BCUT2D eigenvalue weighted by molar-refractivity contribution is 5.83. The van der Waals surface area contributed by atoms with Crippen LogP contribution in [-0.2, 0) is 4.79 Å². The summed E-state index contributed by atoms with van der Waals surface area (Å²) >= 11 is 0. The average Bonchev–Trinajstić information content (AvgIpc) is 2.56. The SMILES string of the molecule is CCC(O)CN1CCN(C(=O)C(c2ccccc2)N(C)C)CC1. The number of benzene rings is 1. The summed E-state index contributed by atoms with van der Waals surface area (Å²) in [6.45, 7) is 5.81. The second-order valence-corrected chi connectivity index (χ2v) is 6.46. The Bertz CT molecular complexity index is 484. The molecule has 1 N–H and O–H groups in total. The lowest BCUT2D eigenvalue weighted by molar-refractivity contribution is -0.138. The van der Waals surface area contributed by atoms with E-state index in [4.69, 9.17) is 0 Å². The van der Waals surface area contributed by atoms with Gasteiger partial charge in [-0.15, -0.1) is 0 Å². The number of carbonyl (C=O) groups is 1. The van der Waals surface area contributed by atoms with E-state index in [-0.39, 0.29) is 18.1 Å². The molecule has 5 heteroatoms. The van der Waals surface area contributed by atoms with Gasteiger partial charge in [-0.1, -0.05) is 37.3 Å². The number of amides is 1. The number of hydrogen-bond acceptors (Lipinski definition) is 4. The van der Waals surface area contributed by atoms with E-state index in [1.165, 1.54) is 0 Å². The molecule has 23 heavy (non-hydrogen) atoms. The summed E-state index contributed by atoms with van der Waals surface area (Å²) in [7, 11) is 3.90. The monoisotopic (exact) mass is 319 g/mol. The molecule has 128 valence electrons. The van der Waals surface area contributed by atoms with Gasteiger partial charge in [-0.2, -0.15) is 0 Å². The van der Waals surface area contributed by atoms with Crippen LogP contribution in [0.5, 0.6) is 0 Å². The number of aliphatic hydroxyl groups excluding tert-OH is 1. The summed E-state index contributed by atoms with van der Waals surface area (Å²) in [5.74, 6) is 0.164. The molecule has 1 amide bonds.